The number of pyridine rings is 1. The maximum atomic E-state index is 11.2. The van der Waals surface area contributed by atoms with Gasteiger partial charge in [-0.25, -0.2) is 4.79 Å². The van der Waals surface area contributed by atoms with Gasteiger partial charge < -0.3 is 5.11 Å². The highest BCUT2D eigenvalue weighted by molar-refractivity contribution is 14.1. The van der Waals surface area contributed by atoms with Crippen LogP contribution in [-0.4, -0.2) is 16.1 Å². The Kier molecular flexibility index (Phi) is 4.19. The van der Waals surface area contributed by atoms with Gasteiger partial charge in [-0.1, -0.05) is 26.0 Å². The van der Waals surface area contributed by atoms with Gasteiger partial charge in [-0.3, -0.25) is 4.98 Å². The van der Waals surface area contributed by atoms with Crippen molar-refractivity contribution < 1.29 is 9.90 Å². The van der Waals surface area contributed by atoms with E-state index < -0.39 is 5.97 Å². The Bertz CT molecular complexity index is 606. The summed E-state index contributed by atoms with van der Waals surface area (Å²) in [4.78, 5) is 15.7. The Hall–Kier alpha value is -1.43. The van der Waals surface area contributed by atoms with Crippen LogP contribution < -0.4 is 0 Å². The molecule has 1 aromatic carbocycles. The van der Waals surface area contributed by atoms with Gasteiger partial charge in [-0.15, -0.1) is 0 Å². The molecule has 0 saturated carbocycles. The van der Waals surface area contributed by atoms with Crippen molar-refractivity contribution in [2.24, 2.45) is 0 Å². The second-order valence-electron chi connectivity index (χ2n) is 4.60. The number of carbonyl (C=O) groups is 1. The van der Waals surface area contributed by atoms with Crippen LogP contribution in [-0.2, 0) is 0 Å². The fraction of sp³-hybridized carbons (Fsp3) is 0.200. The molecule has 0 spiro atoms. The van der Waals surface area contributed by atoms with Crippen molar-refractivity contribution in [1.82, 2.24) is 4.98 Å². The van der Waals surface area contributed by atoms with Gasteiger partial charge in [0.2, 0.25) is 0 Å². The second-order valence-corrected chi connectivity index (χ2v) is 5.84. The molecule has 0 saturated heterocycles. The monoisotopic (exact) mass is 367 g/mol. The van der Waals surface area contributed by atoms with Gasteiger partial charge in [-0.2, -0.15) is 0 Å². The van der Waals surface area contributed by atoms with E-state index in [1.165, 1.54) is 0 Å². The molecule has 1 heterocycles. The summed E-state index contributed by atoms with van der Waals surface area (Å²) in [5.41, 5.74) is 2.72. The second kappa shape index (κ2) is 5.69. The number of aromatic nitrogens is 1. The smallest absolute Gasteiger partial charge is 0.337 e. The van der Waals surface area contributed by atoms with Crippen molar-refractivity contribution in [3.8, 4) is 11.3 Å². The molecule has 2 rings (SSSR count). The fourth-order valence-corrected chi connectivity index (χ4v) is 2.24. The summed E-state index contributed by atoms with van der Waals surface area (Å²) in [7, 11) is 0. The molecule has 4 heteroatoms. The Morgan fingerprint density at radius 3 is 2.32 bits per heavy atom. The minimum Gasteiger partial charge on any atom is -0.478 e. The van der Waals surface area contributed by atoms with E-state index in [4.69, 9.17) is 0 Å². The number of aromatic carboxylic acids is 1. The molecule has 0 aliphatic heterocycles. The van der Waals surface area contributed by atoms with E-state index in [-0.39, 0.29) is 11.5 Å². The average Bonchev–Trinajstić information content (AvgIpc) is 2.38. The average molecular weight is 367 g/mol. The lowest BCUT2D eigenvalue weighted by Gasteiger charge is -2.11. The van der Waals surface area contributed by atoms with E-state index in [1.54, 1.807) is 12.1 Å². The van der Waals surface area contributed by atoms with Gasteiger partial charge in [0.15, 0.2) is 0 Å². The standard InChI is InChI=1S/C15H14INO2/c1-9(2)14-12(15(18)19)7-8-13(17-14)10-3-5-11(16)6-4-10/h3-9H,1-2H3,(H,18,19). The zero-order valence-corrected chi connectivity index (χ0v) is 12.9. The predicted octanol–water partition coefficient (Wildman–Crippen LogP) is 4.17. The molecular weight excluding hydrogens is 353 g/mol. The van der Waals surface area contributed by atoms with Crippen LogP contribution in [0.3, 0.4) is 0 Å². The van der Waals surface area contributed by atoms with Crippen LogP contribution >= 0.6 is 22.6 Å². The number of halogens is 1. The van der Waals surface area contributed by atoms with Crippen LogP contribution in [0.1, 0.15) is 35.8 Å². The minimum atomic E-state index is -0.926. The number of nitrogens with zero attached hydrogens (tertiary/aromatic N) is 1. The lowest BCUT2D eigenvalue weighted by Crippen LogP contribution is -2.07. The molecule has 0 radical (unpaired) electrons. The quantitative estimate of drug-likeness (QED) is 0.829. The molecule has 2 aromatic rings. The van der Waals surface area contributed by atoms with E-state index in [0.717, 1.165) is 14.8 Å². The first-order valence-electron chi connectivity index (χ1n) is 5.99. The van der Waals surface area contributed by atoms with Crippen molar-refractivity contribution in [3.05, 3.63) is 51.2 Å². The Labute approximate surface area is 125 Å². The van der Waals surface area contributed by atoms with Crippen LogP contribution in [0.2, 0.25) is 0 Å². The zero-order chi connectivity index (χ0) is 14.0. The molecule has 19 heavy (non-hydrogen) atoms. The van der Waals surface area contributed by atoms with Gasteiger partial charge in [0.25, 0.3) is 0 Å². The van der Waals surface area contributed by atoms with Crippen molar-refractivity contribution in [2.45, 2.75) is 19.8 Å². The van der Waals surface area contributed by atoms with Gasteiger partial charge in [0, 0.05) is 9.13 Å². The largest absolute Gasteiger partial charge is 0.478 e. The molecule has 1 N–H and O–H groups in total. The third-order valence-electron chi connectivity index (χ3n) is 2.84. The van der Waals surface area contributed by atoms with Crippen molar-refractivity contribution in [3.63, 3.8) is 0 Å². The summed E-state index contributed by atoms with van der Waals surface area (Å²) in [6, 6.07) is 11.4. The first kappa shape index (κ1) is 14.0. The van der Waals surface area contributed by atoms with E-state index in [2.05, 4.69) is 27.6 Å². The topological polar surface area (TPSA) is 50.2 Å². The minimum absolute atomic E-state index is 0.0786. The molecule has 0 amide bonds. The number of hydrogen-bond donors (Lipinski definition) is 1. The van der Waals surface area contributed by atoms with Crippen LogP contribution in [0, 0.1) is 3.57 Å². The van der Waals surface area contributed by atoms with Crippen molar-refractivity contribution in [1.29, 1.82) is 0 Å². The van der Waals surface area contributed by atoms with Crippen LogP contribution in [0.5, 0.6) is 0 Å². The molecule has 0 bridgehead atoms. The molecule has 1 aromatic heterocycles. The highest BCUT2D eigenvalue weighted by atomic mass is 127. The first-order valence-corrected chi connectivity index (χ1v) is 7.07. The molecule has 0 unspecified atom stereocenters. The summed E-state index contributed by atoms with van der Waals surface area (Å²) in [5.74, 6) is -0.847. The molecule has 0 aliphatic rings. The Morgan fingerprint density at radius 2 is 1.79 bits per heavy atom. The Morgan fingerprint density at radius 1 is 1.16 bits per heavy atom. The summed E-state index contributed by atoms with van der Waals surface area (Å²) in [5, 5.41) is 9.17. The maximum Gasteiger partial charge on any atom is 0.337 e. The number of carboxylic acid groups (broad SMARTS) is 1. The van der Waals surface area contributed by atoms with Gasteiger partial charge in [-0.05, 0) is 52.8 Å². The first-order chi connectivity index (χ1) is 8.99. The lowest BCUT2D eigenvalue weighted by molar-refractivity contribution is 0.0694. The summed E-state index contributed by atoms with van der Waals surface area (Å²) in [6.45, 7) is 3.90. The van der Waals surface area contributed by atoms with Gasteiger partial charge in [0.05, 0.1) is 17.0 Å². The summed E-state index contributed by atoms with van der Waals surface area (Å²) >= 11 is 2.25. The molecule has 0 aliphatic carbocycles. The Balaban J connectivity index is 2.52. The van der Waals surface area contributed by atoms with Gasteiger partial charge in [0.1, 0.15) is 0 Å². The van der Waals surface area contributed by atoms with E-state index in [9.17, 15) is 9.90 Å². The number of benzene rings is 1. The van der Waals surface area contributed by atoms with Crippen LogP contribution in [0.25, 0.3) is 11.3 Å². The molecular formula is C15H14INO2. The highest BCUT2D eigenvalue weighted by Gasteiger charge is 2.15. The van der Waals surface area contributed by atoms with E-state index in [1.807, 2.05) is 38.1 Å². The molecule has 0 atom stereocenters. The third-order valence-corrected chi connectivity index (χ3v) is 3.56. The van der Waals surface area contributed by atoms with Crippen LogP contribution in [0.15, 0.2) is 36.4 Å². The van der Waals surface area contributed by atoms with E-state index >= 15 is 0 Å². The normalized spacial score (nSPS) is 10.7. The van der Waals surface area contributed by atoms with Crippen molar-refractivity contribution in [2.75, 3.05) is 0 Å². The highest BCUT2D eigenvalue weighted by Crippen LogP contribution is 2.24. The fourth-order valence-electron chi connectivity index (χ4n) is 1.88. The molecule has 98 valence electrons. The zero-order valence-electron chi connectivity index (χ0n) is 10.7. The lowest BCUT2D eigenvalue weighted by atomic mass is 10.0. The van der Waals surface area contributed by atoms with Gasteiger partial charge >= 0.3 is 5.97 Å². The van der Waals surface area contributed by atoms with E-state index in [0.29, 0.717) is 5.69 Å². The summed E-state index contributed by atoms with van der Waals surface area (Å²) in [6.07, 6.45) is 0. The number of carboxylic acids is 1. The molecule has 3 nitrogen and oxygen atoms in total. The van der Waals surface area contributed by atoms with Crippen molar-refractivity contribution >= 4 is 28.6 Å². The SMILES string of the molecule is CC(C)c1nc(-c2ccc(I)cc2)ccc1C(=O)O. The maximum absolute atomic E-state index is 11.2. The summed E-state index contributed by atoms with van der Waals surface area (Å²) < 4.78 is 1.16. The molecule has 0 fully saturated rings. The van der Waals surface area contributed by atoms with Crippen LogP contribution in [0.4, 0.5) is 0 Å². The third kappa shape index (κ3) is 3.12. The predicted molar refractivity (Wildman–Crippen MR) is 83.4 cm³/mol. The number of hydrogen-bond acceptors (Lipinski definition) is 2. The number of rotatable bonds is 3.